The summed E-state index contributed by atoms with van der Waals surface area (Å²) in [4.78, 5) is 49.0. The van der Waals surface area contributed by atoms with Gasteiger partial charge in [0.25, 0.3) is 11.8 Å². The molecule has 1 aromatic carbocycles. The van der Waals surface area contributed by atoms with E-state index in [2.05, 4.69) is 25.0 Å². The van der Waals surface area contributed by atoms with Crippen molar-refractivity contribution >= 4 is 67.7 Å². The number of nitrogens with one attached hydrogen (secondary N) is 1. The number of nitrogens with zero attached hydrogens (tertiary/aromatic N) is 5. The largest absolute Gasteiger partial charge is 0.494 e. The highest BCUT2D eigenvalue weighted by molar-refractivity contribution is 7.91. The summed E-state index contributed by atoms with van der Waals surface area (Å²) in [6, 6.07) is 2.99. The summed E-state index contributed by atoms with van der Waals surface area (Å²) in [7, 11) is -2.43. The molecule has 5 atom stereocenters. The van der Waals surface area contributed by atoms with E-state index in [-0.39, 0.29) is 50.0 Å². The van der Waals surface area contributed by atoms with Crippen LogP contribution in [0.2, 0.25) is 5.02 Å². The van der Waals surface area contributed by atoms with Crippen molar-refractivity contribution in [2.24, 2.45) is 11.7 Å². The Morgan fingerprint density at radius 2 is 2.00 bits per heavy atom. The molecule has 6 rings (SSSR count). The van der Waals surface area contributed by atoms with Crippen LogP contribution in [0.3, 0.4) is 0 Å². The highest BCUT2D eigenvalue weighted by Crippen LogP contribution is 2.54. The summed E-state index contributed by atoms with van der Waals surface area (Å²) in [6.07, 6.45) is 3.62. The minimum atomic E-state index is -3.95. The number of carbonyl (C=O) groups excluding carboxylic acids is 3. The summed E-state index contributed by atoms with van der Waals surface area (Å²) < 4.78 is 54.5. The van der Waals surface area contributed by atoms with Crippen LogP contribution in [-0.4, -0.2) is 94.0 Å². The number of ether oxygens (including phenoxy) is 3. The van der Waals surface area contributed by atoms with Crippen molar-refractivity contribution in [3.63, 3.8) is 0 Å². The number of fused-ring (bicyclic) bond motifs is 1. The number of pyridine rings is 1. The third-order valence-electron chi connectivity index (χ3n) is 9.37. The maximum atomic E-state index is 14.7. The molecule has 0 spiro atoms. The summed E-state index contributed by atoms with van der Waals surface area (Å²) in [5.41, 5.74) is 4.30. The van der Waals surface area contributed by atoms with Gasteiger partial charge in [-0.05, 0) is 50.8 Å². The Labute approximate surface area is 298 Å². The molecule has 1 saturated heterocycles. The number of primary amides is 1. The first-order valence-corrected chi connectivity index (χ1v) is 18.9. The molecule has 3 fully saturated rings. The zero-order valence-electron chi connectivity index (χ0n) is 27.7. The second kappa shape index (κ2) is 13.8. The standard InChI is InChI=1S/C32H38ClN7O8S2/c1-5-17-14-32(17,31(43)38-50(44,45)20-9-10-20)40(27-29(47-7-3)37-49-36-27)23(6-2)30(42)39-16-19(13-24(39)26(34)41)48-28-22-12-18(33)8-11-21(22)25(46-4)15-35-28/h5,8,11-12,15,17,19-20,23-24H,1,6-7,9-10,13-14,16H2,2-4H3,(H2,34,41)(H,38,43)/t17-,19-,23+,24+,32-/m1/s1. The van der Waals surface area contributed by atoms with Crippen LogP contribution in [-0.2, 0) is 24.4 Å². The number of hydrogen-bond acceptors (Lipinski definition) is 13. The fourth-order valence-electron chi connectivity index (χ4n) is 6.68. The summed E-state index contributed by atoms with van der Waals surface area (Å²) in [5.74, 6) is -1.70. The molecular weight excluding hydrogens is 710 g/mol. The van der Waals surface area contributed by atoms with Crippen LogP contribution in [0, 0.1) is 5.92 Å². The van der Waals surface area contributed by atoms with Crippen molar-refractivity contribution in [3.05, 3.63) is 42.1 Å². The van der Waals surface area contributed by atoms with E-state index in [1.165, 1.54) is 23.1 Å². The molecule has 3 aromatic rings. The zero-order valence-corrected chi connectivity index (χ0v) is 30.1. The number of methoxy groups -OCH3 is 1. The number of hydrogen-bond donors (Lipinski definition) is 2. The van der Waals surface area contributed by atoms with Gasteiger partial charge >= 0.3 is 0 Å². The molecule has 15 nitrogen and oxygen atoms in total. The van der Waals surface area contributed by atoms with Crippen molar-refractivity contribution in [1.82, 2.24) is 23.4 Å². The Morgan fingerprint density at radius 3 is 2.62 bits per heavy atom. The van der Waals surface area contributed by atoms with Crippen molar-refractivity contribution in [2.75, 3.05) is 25.2 Å². The highest BCUT2D eigenvalue weighted by atomic mass is 35.5. The molecule has 0 unspecified atom stereocenters. The topological polar surface area (TPSA) is 196 Å². The zero-order chi connectivity index (χ0) is 36.0. The Kier molecular flexibility index (Phi) is 9.85. The van der Waals surface area contributed by atoms with E-state index >= 15 is 0 Å². The van der Waals surface area contributed by atoms with Crippen LogP contribution in [0.4, 0.5) is 5.82 Å². The van der Waals surface area contributed by atoms with E-state index in [0.29, 0.717) is 34.4 Å². The Morgan fingerprint density at radius 1 is 1.24 bits per heavy atom. The van der Waals surface area contributed by atoms with E-state index < -0.39 is 62.6 Å². The summed E-state index contributed by atoms with van der Waals surface area (Å²) in [5, 5.41) is 1.07. The molecule has 3 aliphatic rings. The van der Waals surface area contributed by atoms with Crippen molar-refractivity contribution in [1.29, 1.82) is 0 Å². The number of likely N-dealkylation sites (tertiary alicyclic amines) is 1. The third-order valence-corrected chi connectivity index (χ3v) is 11.9. The quantitative estimate of drug-likeness (QED) is 0.216. The minimum absolute atomic E-state index is 0.0413. The number of aromatic nitrogens is 3. The van der Waals surface area contributed by atoms with Gasteiger partial charge in [0, 0.05) is 28.1 Å². The molecule has 268 valence electrons. The van der Waals surface area contributed by atoms with Crippen molar-refractivity contribution < 1.29 is 37.0 Å². The predicted molar refractivity (Wildman–Crippen MR) is 186 cm³/mol. The van der Waals surface area contributed by atoms with Crippen LogP contribution >= 0.6 is 23.3 Å². The number of anilines is 1. The van der Waals surface area contributed by atoms with Crippen LogP contribution < -0.4 is 29.6 Å². The van der Waals surface area contributed by atoms with E-state index in [0.717, 1.165) is 11.7 Å². The maximum Gasteiger partial charge on any atom is 0.270 e. The maximum absolute atomic E-state index is 14.7. The molecule has 50 heavy (non-hydrogen) atoms. The third kappa shape index (κ3) is 6.41. The van der Waals surface area contributed by atoms with Crippen LogP contribution in [0.15, 0.2) is 37.1 Å². The van der Waals surface area contributed by atoms with Gasteiger partial charge in [-0.15, -0.1) is 11.0 Å². The number of sulfonamides is 1. The molecular formula is C32H38ClN7O8S2. The normalized spacial score (nSPS) is 23.6. The van der Waals surface area contributed by atoms with Gasteiger partial charge in [-0.1, -0.05) is 24.6 Å². The lowest BCUT2D eigenvalue weighted by molar-refractivity contribution is -0.139. The first-order chi connectivity index (χ1) is 23.9. The van der Waals surface area contributed by atoms with Gasteiger partial charge in [-0.25, -0.2) is 13.4 Å². The second-order valence-electron chi connectivity index (χ2n) is 12.5. The average molecular weight is 748 g/mol. The molecule has 1 aliphatic heterocycles. The van der Waals surface area contributed by atoms with Crippen LogP contribution in [0.1, 0.15) is 46.0 Å². The second-order valence-corrected chi connectivity index (χ2v) is 15.4. The van der Waals surface area contributed by atoms with Crippen molar-refractivity contribution in [3.8, 4) is 17.5 Å². The Balaban J connectivity index is 1.36. The fraction of sp³-hybridized carbons (Fsp3) is 0.500. The number of rotatable bonds is 15. The molecule has 2 aliphatic carbocycles. The van der Waals surface area contributed by atoms with Gasteiger partial charge < -0.3 is 29.7 Å². The monoisotopic (exact) mass is 747 g/mol. The minimum Gasteiger partial charge on any atom is -0.494 e. The SMILES string of the molecule is C=C[C@@H]1C[C@@]1(C(=O)NS(=O)(=O)C1CC1)N(c1nsnc1OCC)[C@@H](CC)C(=O)N1C[C@H](Oc2ncc(OC)c3ccc(Cl)cc23)C[C@H]1C(N)=O. The van der Waals surface area contributed by atoms with Gasteiger partial charge in [0.05, 0.1) is 43.4 Å². The summed E-state index contributed by atoms with van der Waals surface area (Å²) in [6.45, 7) is 7.55. The molecule has 3 amide bonds. The molecule has 0 bridgehead atoms. The van der Waals surface area contributed by atoms with Crippen molar-refractivity contribution in [2.45, 2.75) is 74.9 Å². The van der Waals surface area contributed by atoms with Gasteiger partial charge in [0.15, 0.2) is 0 Å². The molecule has 18 heteroatoms. The van der Waals surface area contributed by atoms with E-state index in [1.807, 2.05) is 0 Å². The lowest BCUT2D eigenvalue weighted by Crippen LogP contribution is -2.61. The highest BCUT2D eigenvalue weighted by Gasteiger charge is 2.67. The van der Waals surface area contributed by atoms with Crippen LogP contribution in [0.5, 0.6) is 17.5 Å². The first kappa shape index (κ1) is 35.6. The smallest absolute Gasteiger partial charge is 0.270 e. The number of halogens is 1. The molecule has 2 aromatic heterocycles. The predicted octanol–water partition coefficient (Wildman–Crippen LogP) is 2.82. The number of benzene rings is 1. The molecule has 3 heterocycles. The van der Waals surface area contributed by atoms with Crippen LogP contribution in [0.25, 0.3) is 10.8 Å². The Bertz CT molecular complexity index is 1940. The Hall–Kier alpha value is -4.22. The fourth-order valence-corrected chi connectivity index (χ4v) is 8.70. The first-order valence-electron chi connectivity index (χ1n) is 16.2. The average Bonchev–Trinajstić information content (AvgIpc) is 3.99. The lowest BCUT2D eigenvalue weighted by Gasteiger charge is -2.39. The molecule has 3 N–H and O–H groups in total. The van der Waals surface area contributed by atoms with Gasteiger partial charge in [-0.2, -0.15) is 4.37 Å². The number of carbonyl (C=O) groups is 3. The number of amides is 3. The number of nitrogens with two attached hydrogens (primary N) is 1. The molecule has 2 saturated carbocycles. The lowest BCUT2D eigenvalue weighted by atomic mass is 10.0. The van der Waals surface area contributed by atoms with E-state index in [4.69, 9.17) is 31.5 Å². The van der Waals surface area contributed by atoms with Gasteiger partial charge in [0.2, 0.25) is 33.5 Å². The van der Waals surface area contributed by atoms with Gasteiger partial charge in [0.1, 0.15) is 29.5 Å². The molecule has 0 radical (unpaired) electrons. The van der Waals surface area contributed by atoms with E-state index in [1.54, 1.807) is 38.1 Å². The summed E-state index contributed by atoms with van der Waals surface area (Å²) >= 11 is 7.12. The van der Waals surface area contributed by atoms with E-state index in [9.17, 15) is 22.8 Å². The van der Waals surface area contributed by atoms with Gasteiger partial charge in [-0.3, -0.25) is 19.1 Å².